The van der Waals surface area contributed by atoms with Crippen LogP contribution in [-0.2, 0) is 4.79 Å². The zero-order valence-electron chi connectivity index (χ0n) is 15.5. The van der Waals surface area contributed by atoms with Gasteiger partial charge in [-0.2, -0.15) is 5.26 Å². The van der Waals surface area contributed by atoms with Crippen LogP contribution in [-0.4, -0.2) is 5.78 Å². The van der Waals surface area contributed by atoms with Crippen molar-refractivity contribution in [2.45, 2.75) is 39.0 Å². The largest absolute Gasteiger partial charge is 0.384 e. The molecule has 2 heterocycles. The molecule has 0 bridgehead atoms. The Morgan fingerprint density at radius 2 is 1.96 bits per heavy atom. The molecule has 4 rings (SSSR count). The topological polar surface area (TPSA) is 70.1 Å². The lowest BCUT2D eigenvalue weighted by Crippen LogP contribution is -2.38. The van der Waals surface area contributed by atoms with Gasteiger partial charge in [0.1, 0.15) is 5.82 Å². The van der Waals surface area contributed by atoms with E-state index in [1.807, 2.05) is 55.1 Å². The first-order valence-electron chi connectivity index (χ1n) is 9.11. The number of nitrogens with two attached hydrogens (primary N) is 1. The molecule has 1 atom stereocenters. The van der Waals surface area contributed by atoms with Gasteiger partial charge in [0.05, 0.1) is 23.2 Å². The molecule has 1 aliphatic heterocycles. The highest BCUT2D eigenvalue weighted by molar-refractivity contribution is 7.12. The minimum Gasteiger partial charge on any atom is -0.384 e. The van der Waals surface area contributed by atoms with Crippen molar-refractivity contribution in [2.75, 3.05) is 4.90 Å². The SMILES string of the molecule is Cc1ccc(C2C(C#N)=C(N)N(c3ccccc3C)C3=C2C(=O)CCC3)s1. The second kappa shape index (κ2) is 6.71. The number of nitriles is 1. The van der Waals surface area contributed by atoms with Gasteiger partial charge in [-0.05, 0) is 50.5 Å². The lowest BCUT2D eigenvalue weighted by molar-refractivity contribution is -0.116. The van der Waals surface area contributed by atoms with Crippen LogP contribution in [0.5, 0.6) is 0 Å². The molecule has 0 amide bonds. The summed E-state index contributed by atoms with van der Waals surface area (Å²) in [6, 6.07) is 14.3. The molecule has 4 nitrogen and oxygen atoms in total. The summed E-state index contributed by atoms with van der Waals surface area (Å²) >= 11 is 1.63. The van der Waals surface area contributed by atoms with Crippen molar-refractivity contribution < 1.29 is 4.79 Å². The maximum atomic E-state index is 13.0. The maximum absolute atomic E-state index is 13.0. The third-order valence-corrected chi connectivity index (χ3v) is 6.38. The van der Waals surface area contributed by atoms with E-state index in [2.05, 4.69) is 6.07 Å². The Morgan fingerprint density at radius 3 is 2.63 bits per heavy atom. The van der Waals surface area contributed by atoms with Crippen molar-refractivity contribution in [2.24, 2.45) is 5.73 Å². The molecule has 1 aliphatic carbocycles. The predicted octanol–water partition coefficient (Wildman–Crippen LogP) is 4.67. The minimum atomic E-state index is -0.350. The molecule has 2 N–H and O–H groups in total. The fourth-order valence-electron chi connectivity index (χ4n) is 4.07. The van der Waals surface area contributed by atoms with Crippen molar-refractivity contribution >= 4 is 22.8 Å². The fraction of sp³-hybridized carbons (Fsp3) is 0.273. The summed E-state index contributed by atoms with van der Waals surface area (Å²) in [6.45, 7) is 4.06. The Labute approximate surface area is 163 Å². The second-order valence-corrected chi connectivity index (χ2v) is 8.37. The molecule has 0 saturated carbocycles. The Kier molecular flexibility index (Phi) is 4.37. The Hall–Kier alpha value is -2.84. The van der Waals surface area contributed by atoms with Gasteiger partial charge >= 0.3 is 0 Å². The smallest absolute Gasteiger partial charge is 0.161 e. The van der Waals surface area contributed by atoms with Crippen LogP contribution in [0.15, 0.2) is 59.1 Å². The van der Waals surface area contributed by atoms with E-state index in [-0.39, 0.29) is 11.7 Å². The van der Waals surface area contributed by atoms with E-state index in [4.69, 9.17) is 5.73 Å². The quantitative estimate of drug-likeness (QED) is 0.828. The number of para-hydroxylation sites is 1. The normalized spacial score (nSPS) is 20.0. The average molecular weight is 375 g/mol. The Bertz CT molecular complexity index is 1040. The number of anilines is 1. The van der Waals surface area contributed by atoms with Crippen molar-refractivity contribution in [1.82, 2.24) is 0 Å². The first kappa shape index (κ1) is 17.6. The molecular weight excluding hydrogens is 354 g/mol. The standard InChI is InChI=1S/C22H21N3OS/c1-13-6-3-4-7-16(13)25-17-8-5-9-18(26)21(17)20(15(12-23)22(25)24)19-11-10-14(2)27-19/h3-4,6-7,10-11,20H,5,8-9,24H2,1-2H3. The van der Waals surface area contributed by atoms with Gasteiger partial charge in [0, 0.05) is 27.4 Å². The summed E-state index contributed by atoms with van der Waals surface area (Å²) < 4.78 is 0. The lowest BCUT2D eigenvalue weighted by Gasteiger charge is -2.39. The van der Waals surface area contributed by atoms with Crippen LogP contribution in [0, 0.1) is 25.2 Å². The van der Waals surface area contributed by atoms with E-state index in [0.29, 0.717) is 17.8 Å². The van der Waals surface area contributed by atoms with E-state index in [0.717, 1.165) is 45.1 Å². The number of carbonyl (C=O) groups is 1. The number of nitrogens with zero attached hydrogens (tertiary/aromatic N) is 2. The summed E-state index contributed by atoms with van der Waals surface area (Å²) in [6.07, 6.45) is 2.13. The van der Waals surface area contributed by atoms with E-state index in [1.165, 1.54) is 0 Å². The number of Topliss-reactive ketones (excluding diaryl/α,β-unsaturated/α-hetero) is 1. The number of hydrogen-bond donors (Lipinski definition) is 1. The number of ketones is 1. The highest BCUT2D eigenvalue weighted by Crippen LogP contribution is 2.47. The number of benzene rings is 1. The molecule has 2 aromatic rings. The molecule has 1 unspecified atom stereocenters. The third kappa shape index (κ3) is 2.77. The van der Waals surface area contributed by atoms with E-state index in [1.54, 1.807) is 11.3 Å². The lowest BCUT2D eigenvalue weighted by atomic mass is 9.78. The average Bonchev–Trinajstić information content (AvgIpc) is 3.08. The molecule has 5 heteroatoms. The maximum Gasteiger partial charge on any atom is 0.161 e. The van der Waals surface area contributed by atoms with Crippen molar-refractivity contribution in [3.63, 3.8) is 0 Å². The summed E-state index contributed by atoms with van der Waals surface area (Å²) in [5.74, 6) is 0.221. The Balaban J connectivity index is 1.99. The summed E-state index contributed by atoms with van der Waals surface area (Å²) in [5.41, 5.74) is 10.7. The molecule has 2 aliphatic rings. The van der Waals surface area contributed by atoms with E-state index >= 15 is 0 Å². The first-order valence-corrected chi connectivity index (χ1v) is 9.92. The minimum absolute atomic E-state index is 0.131. The first-order chi connectivity index (χ1) is 13.0. The second-order valence-electron chi connectivity index (χ2n) is 7.05. The number of allylic oxidation sites excluding steroid dienone is 3. The van der Waals surface area contributed by atoms with Gasteiger partial charge in [-0.15, -0.1) is 11.3 Å². The van der Waals surface area contributed by atoms with Gasteiger partial charge in [0.25, 0.3) is 0 Å². The monoisotopic (exact) mass is 375 g/mol. The number of rotatable bonds is 2. The fourth-order valence-corrected chi connectivity index (χ4v) is 5.07. The zero-order chi connectivity index (χ0) is 19.1. The van der Waals surface area contributed by atoms with Gasteiger partial charge in [0.15, 0.2) is 5.78 Å². The molecule has 0 saturated heterocycles. The molecule has 1 aromatic heterocycles. The van der Waals surface area contributed by atoms with Gasteiger partial charge in [-0.3, -0.25) is 9.69 Å². The highest BCUT2D eigenvalue weighted by Gasteiger charge is 2.41. The Morgan fingerprint density at radius 1 is 1.19 bits per heavy atom. The van der Waals surface area contributed by atoms with Crippen LogP contribution < -0.4 is 10.6 Å². The number of aryl methyl sites for hydroxylation is 2. The molecule has 0 spiro atoms. The van der Waals surface area contributed by atoms with Crippen LogP contribution in [0.3, 0.4) is 0 Å². The summed E-state index contributed by atoms with van der Waals surface area (Å²) in [7, 11) is 0. The van der Waals surface area contributed by atoms with Crippen LogP contribution in [0.2, 0.25) is 0 Å². The number of thiophene rings is 1. The number of hydrogen-bond acceptors (Lipinski definition) is 5. The van der Waals surface area contributed by atoms with Crippen LogP contribution in [0.25, 0.3) is 0 Å². The molecule has 1 aromatic carbocycles. The number of carbonyl (C=O) groups excluding carboxylic acids is 1. The summed E-state index contributed by atoms with van der Waals surface area (Å²) in [4.78, 5) is 17.1. The molecular formula is C22H21N3OS. The molecule has 0 radical (unpaired) electrons. The van der Waals surface area contributed by atoms with Crippen molar-refractivity contribution in [3.05, 3.63) is 74.4 Å². The zero-order valence-corrected chi connectivity index (χ0v) is 16.3. The van der Waals surface area contributed by atoms with Gasteiger partial charge < -0.3 is 5.73 Å². The van der Waals surface area contributed by atoms with Gasteiger partial charge in [-0.25, -0.2) is 0 Å². The van der Waals surface area contributed by atoms with Gasteiger partial charge in [0.2, 0.25) is 0 Å². The summed E-state index contributed by atoms with van der Waals surface area (Å²) in [5, 5.41) is 9.97. The van der Waals surface area contributed by atoms with E-state index in [9.17, 15) is 10.1 Å². The van der Waals surface area contributed by atoms with E-state index < -0.39 is 0 Å². The van der Waals surface area contributed by atoms with Crippen LogP contribution >= 0.6 is 11.3 Å². The van der Waals surface area contributed by atoms with Crippen molar-refractivity contribution in [1.29, 1.82) is 5.26 Å². The van der Waals surface area contributed by atoms with Crippen molar-refractivity contribution in [3.8, 4) is 6.07 Å². The third-order valence-electron chi connectivity index (χ3n) is 5.32. The molecule has 27 heavy (non-hydrogen) atoms. The molecule has 136 valence electrons. The van der Waals surface area contributed by atoms with Gasteiger partial charge in [-0.1, -0.05) is 18.2 Å². The van der Waals surface area contributed by atoms with Crippen LogP contribution in [0.1, 0.15) is 40.5 Å². The molecule has 0 fully saturated rings. The van der Waals surface area contributed by atoms with Crippen LogP contribution in [0.4, 0.5) is 5.69 Å². The highest BCUT2D eigenvalue weighted by atomic mass is 32.1. The predicted molar refractivity (Wildman–Crippen MR) is 108 cm³/mol.